The molecule has 1 aliphatic rings. The van der Waals surface area contributed by atoms with Gasteiger partial charge in [-0.2, -0.15) is 0 Å². The number of nitrogens with one attached hydrogen (secondary N) is 2. The zero-order chi connectivity index (χ0) is 14.5. The molecule has 1 aliphatic carbocycles. The lowest BCUT2D eigenvalue weighted by molar-refractivity contribution is -0.114. The Balaban J connectivity index is 1.98. The topological polar surface area (TPSA) is 41.1 Å². The Hall–Kier alpha value is -1.35. The highest BCUT2D eigenvalue weighted by Crippen LogP contribution is 2.29. The maximum atomic E-state index is 11.2. The molecule has 3 heteroatoms. The second-order valence-electron chi connectivity index (χ2n) is 6.09. The first kappa shape index (κ1) is 15.0. The summed E-state index contributed by atoms with van der Waals surface area (Å²) in [4.78, 5) is 11.2. The quantitative estimate of drug-likeness (QED) is 0.881. The van der Waals surface area contributed by atoms with E-state index < -0.39 is 0 Å². The summed E-state index contributed by atoms with van der Waals surface area (Å²) in [5.41, 5.74) is 2.08. The van der Waals surface area contributed by atoms with Gasteiger partial charge >= 0.3 is 0 Å². The molecule has 20 heavy (non-hydrogen) atoms. The standard InChI is InChI=1S/C17H26N2O/c1-12-7-6-10-16(13(12)2)18-11-15-8-4-5-9-17(15)19-14(3)20/h4-5,8-9,12-13,16,18H,6-7,10-11H2,1-3H3,(H,19,20). The number of benzene rings is 1. The van der Waals surface area contributed by atoms with Crippen molar-refractivity contribution in [3.05, 3.63) is 29.8 Å². The first-order chi connectivity index (χ1) is 9.58. The number of carbonyl (C=O) groups is 1. The minimum atomic E-state index is -0.0166. The fourth-order valence-corrected chi connectivity index (χ4v) is 3.10. The Morgan fingerprint density at radius 3 is 2.75 bits per heavy atom. The van der Waals surface area contributed by atoms with E-state index in [2.05, 4.69) is 30.5 Å². The Labute approximate surface area is 122 Å². The fraction of sp³-hybridized carbons (Fsp3) is 0.588. The van der Waals surface area contributed by atoms with Crippen LogP contribution in [0.4, 0.5) is 5.69 Å². The molecule has 0 saturated heterocycles. The van der Waals surface area contributed by atoms with Crippen molar-refractivity contribution in [3.63, 3.8) is 0 Å². The third-order valence-electron chi connectivity index (χ3n) is 4.59. The molecule has 1 aromatic carbocycles. The van der Waals surface area contributed by atoms with E-state index in [0.717, 1.165) is 29.6 Å². The van der Waals surface area contributed by atoms with E-state index in [-0.39, 0.29) is 5.91 Å². The SMILES string of the molecule is CC(=O)Nc1ccccc1CNC1CCCC(C)C1C. The summed E-state index contributed by atoms with van der Waals surface area (Å²) in [6, 6.07) is 8.61. The molecular formula is C17H26N2O. The molecule has 1 amide bonds. The van der Waals surface area contributed by atoms with E-state index in [1.54, 1.807) is 6.92 Å². The van der Waals surface area contributed by atoms with Crippen molar-refractivity contribution in [1.29, 1.82) is 0 Å². The van der Waals surface area contributed by atoms with Gasteiger partial charge in [-0.1, -0.05) is 44.9 Å². The van der Waals surface area contributed by atoms with Crippen LogP contribution in [-0.4, -0.2) is 11.9 Å². The lowest BCUT2D eigenvalue weighted by atomic mass is 9.78. The van der Waals surface area contributed by atoms with E-state index in [9.17, 15) is 4.79 Å². The van der Waals surface area contributed by atoms with E-state index in [0.29, 0.717) is 6.04 Å². The van der Waals surface area contributed by atoms with Crippen LogP contribution in [-0.2, 0) is 11.3 Å². The second-order valence-corrected chi connectivity index (χ2v) is 6.09. The van der Waals surface area contributed by atoms with Crippen LogP contribution in [0.3, 0.4) is 0 Å². The smallest absolute Gasteiger partial charge is 0.221 e. The maximum absolute atomic E-state index is 11.2. The van der Waals surface area contributed by atoms with Crippen molar-refractivity contribution in [2.24, 2.45) is 11.8 Å². The first-order valence-electron chi connectivity index (χ1n) is 7.67. The minimum Gasteiger partial charge on any atom is -0.326 e. The van der Waals surface area contributed by atoms with Crippen molar-refractivity contribution in [3.8, 4) is 0 Å². The van der Waals surface area contributed by atoms with Gasteiger partial charge in [0.1, 0.15) is 0 Å². The highest BCUT2D eigenvalue weighted by atomic mass is 16.1. The largest absolute Gasteiger partial charge is 0.326 e. The molecule has 2 N–H and O–H groups in total. The van der Waals surface area contributed by atoms with Gasteiger partial charge in [0.05, 0.1) is 0 Å². The van der Waals surface area contributed by atoms with Crippen LogP contribution in [0.25, 0.3) is 0 Å². The third kappa shape index (κ3) is 3.83. The molecule has 2 rings (SSSR count). The molecule has 0 aromatic heterocycles. The minimum absolute atomic E-state index is 0.0166. The van der Waals surface area contributed by atoms with E-state index in [4.69, 9.17) is 0 Å². The molecule has 110 valence electrons. The van der Waals surface area contributed by atoms with Gasteiger partial charge in [0.2, 0.25) is 5.91 Å². The maximum Gasteiger partial charge on any atom is 0.221 e. The normalized spacial score (nSPS) is 26.2. The van der Waals surface area contributed by atoms with Crippen molar-refractivity contribution < 1.29 is 4.79 Å². The number of para-hydroxylation sites is 1. The van der Waals surface area contributed by atoms with E-state index in [1.165, 1.54) is 19.3 Å². The number of rotatable bonds is 4. The Morgan fingerprint density at radius 1 is 1.25 bits per heavy atom. The zero-order valence-electron chi connectivity index (χ0n) is 12.8. The molecule has 0 spiro atoms. The molecule has 0 bridgehead atoms. The van der Waals surface area contributed by atoms with E-state index >= 15 is 0 Å². The Kier molecular flexibility index (Phi) is 5.18. The average Bonchev–Trinajstić information content (AvgIpc) is 2.41. The van der Waals surface area contributed by atoms with Gasteiger partial charge in [0.25, 0.3) is 0 Å². The molecule has 1 aromatic rings. The lowest BCUT2D eigenvalue weighted by Crippen LogP contribution is -2.40. The van der Waals surface area contributed by atoms with Crippen molar-refractivity contribution in [2.45, 2.75) is 52.6 Å². The van der Waals surface area contributed by atoms with Crippen LogP contribution >= 0.6 is 0 Å². The monoisotopic (exact) mass is 274 g/mol. The highest BCUT2D eigenvalue weighted by molar-refractivity contribution is 5.89. The van der Waals surface area contributed by atoms with Gasteiger partial charge in [0, 0.05) is 25.2 Å². The van der Waals surface area contributed by atoms with E-state index in [1.807, 2.05) is 18.2 Å². The van der Waals surface area contributed by atoms with Crippen molar-refractivity contribution in [2.75, 3.05) is 5.32 Å². The van der Waals surface area contributed by atoms with Crippen LogP contribution in [0, 0.1) is 11.8 Å². The highest BCUT2D eigenvalue weighted by Gasteiger charge is 2.26. The van der Waals surface area contributed by atoms with Crippen molar-refractivity contribution in [1.82, 2.24) is 5.32 Å². The van der Waals surface area contributed by atoms with Crippen LogP contribution in [0.15, 0.2) is 24.3 Å². The van der Waals surface area contributed by atoms with Crippen LogP contribution in [0.2, 0.25) is 0 Å². The molecule has 1 fully saturated rings. The van der Waals surface area contributed by atoms with Crippen LogP contribution < -0.4 is 10.6 Å². The molecular weight excluding hydrogens is 248 g/mol. The number of anilines is 1. The Morgan fingerprint density at radius 2 is 2.00 bits per heavy atom. The van der Waals surface area contributed by atoms with Crippen LogP contribution in [0.5, 0.6) is 0 Å². The first-order valence-corrected chi connectivity index (χ1v) is 7.67. The predicted molar refractivity (Wildman–Crippen MR) is 83.6 cm³/mol. The van der Waals surface area contributed by atoms with Gasteiger partial charge in [0.15, 0.2) is 0 Å². The predicted octanol–water partition coefficient (Wildman–Crippen LogP) is 3.56. The summed E-state index contributed by atoms with van der Waals surface area (Å²) >= 11 is 0. The van der Waals surface area contributed by atoms with Gasteiger partial charge in [-0.25, -0.2) is 0 Å². The summed E-state index contributed by atoms with van der Waals surface area (Å²) < 4.78 is 0. The lowest BCUT2D eigenvalue weighted by Gasteiger charge is -2.35. The van der Waals surface area contributed by atoms with Crippen molar-refractivity contribution >= 4 is 11.6 Å². The molecule has 0 radical (unpaired) electrons. The fourth-order valence-electron chi connectivity index (χ4n) is 3.10. The number of carbonyl (C=O) groups excluding carboxylic acids is 1. The van der Waals surface area contributed by atoms with Gasteiger partial charge in [-0.05, 0) is 29.9 Å². The molecule has 3 atom stereocenters. The third-order valence-corrected chi connectivity index (χ3v) is 4.59. The van der Waals surface area contributed by atoms with Gasteiger partial charge in [-0.3, -0.25) is 4.79 Å². The zero-order valence-corrected chi connectivity index (χ0v) is 12.8. The summed E-state index contributed by atoms with van der Waals surface area (Å²) in [5, 5.41) is 6.58. The molecule has 0 aliphatic heterocycles. The molecule has 0 heterocycles. The molecule has 3 nitrogen and oxygen atoms in total. The average molecular weight is 274 g/mol. The number of hydrogen-bond donors (Lipinski definition) is 2. The van der Waals surface area contributed by atoms with Gasteiger partial charge < -0.3 is 10.6 Å². The number of amides is 1. The molecule has 3 unspecified atom stereocenters. The molecule has 1 saturated carbocycles. The van der Waals surface area contributed by atoms with Crippen LogP contribution in [0.1, 0.15) is 45.6 Å². The Bertz CT molecular complexity index is 458. The summed E-state index contributed by atoms with van der Waals surface area (Å²) in [7, 11) is 0. The van der Waals surface area contributed by atoms with Gasteiger partial charge in [-0.15, -0.1) is 0 Å². The number of hydrogen-bond acceptors (Lipinski definition) is 2. The summed E-state index contributed by atoms with van der Waals surface area (Å²) in [6.07, 6.45) is 3.92. The second kappa shape index (κ2) is 6.89. The summed E-state index contributed by atoms with van der Waals surface area (Å²) in [5.74, 6) is 1.50. The summed E-state index contributed by atoms with van der Waals surface area (Å²) in [6.45, 7) is 7.07.